The van der Waals surface area contributed by atoms with E-state index in [1.807, 2.05) is 0 Å². The van der Waals surface area contributed by atoms with Crippen molar-refractivity contribution in [3.05, 3.63) is 22.0 Å². The molecule has 0 saturated carbocycles. The molecule has 0 aromatic heterocycles. The van der Waals surface area contributed by atoms with Crippen LogP contribution in [0.5, 0.6) is 0 Å². The molecule has 0 aromatic rings. The second-order valence-corrected chi connectivity index (χ2v) is 3.01. The van der Waals surface area contributed by atoms with Gasteiger partial charge >= 0.3 is 34.3 Å². The molecule has 0 bridgehead atoms. The van der Waals surface area contributed by atoms with E-state index in [0.29, 0.717) is 0 Å². The number of carbonyl (C=O) groups excluding carboxylic acids is 2. The Morgan fingerprint density at radius 2 is 0.966 bits per heavy atom. The Balaban J connectivity index is -0.000000107. The Labute approximate surface area is 178 Å². The number of nitrogens with zero attached hydrogens (tertiary/aromatic N) is 14. The van der Waals surface area contributed by atoms with E-state index in [1.165, 1.54) is 0 Å². The van der Waals surface area contributed by atoms with Crippen LogP contribution < -0.4 is 6.15 Å². The number of hydrogen-bond donors (Lipinski definition) is 1. The Hall–Kier alpha value is -3.50. The first-order valence-electron chi connectivity index (χ1n) is 4.97. The molecule has 22 heteroatoms. The van der Waals surface area contributed by atoms with Gasteiger partial charge in [0, 0.05) is 0 Å². The fraction of sp³-hybridized carbons (Fsp3) is 0.429. The summed E-state index contributed by atoms with van der Waals surface area (Å²) in [5.74, 6) is -0.00769. The number of amides is 2. The molecule has 2 amide bonds. The van der Waals surface area contributed by atoms with Gasteiger partial charge in [0.2, 0.25) is 12.2 Å². The van der Waals surface area contributed by atoms with Gasteiger partial charge in [0.25, 0.3) is 0 Å². The van der Waals surface area contributed by atoms with Gasteiger partial charge < -0.3 is 58.4 Å². The molecule has 2 fully saturated rings. The molecule has 0 radical (unpaired) electrons. The van der Waals surface area contributed by atoms with E-state index < -0.39 is 12.2 Å². The summed E-state index contributed by atoms with van der Waals surface area (Å²) in [6, 6.07) is 0. The van der Waals surface area contributed by atoms with Crippen molar-refractivity contribution in [1.29, 1.82) is 0 Å². The Morgan fingerprint density at radius 1 is 0.690 bits per heavy atom. The molecular formula is C7H20AgN15O6. The van der Waals surface area contributed by atoms with E-state index in [4.69, 9.17) is 0 Å². The Bertz CT molecular complexity index is 628. The average Bonchev–Trinajstić information content (AvgIpc) is 3.28. The van der Waals surface area contributed by atoms with E-state index in [2.05, 4.69) is 73.1 Å². The maximum absolute atomic E-state index is 10.3. The molecule has 29 heavy (non-hydrogen) atoms. The van der Waals surface area contributed by atoms with E-state index in [0.717, 1.165) is 9.59 Å². The second kappa shape index (κ2) is 16.7. The average molecular weight is 518 g/mol. The van der Waals surface area contributed by atoms with Crippen molar-refractivity contribution >= 4 is 24.1 Å². The van der Waals surface area contributed by atoms with Gasteiger partial charge in [0.05, 0.1) is 41.4 Å². The van der Waals surface area contributed by atoms with Crippen molar-refractivity contribution in [1.82, 2.24) is 6.15 Å². The van der Waals surface area contributed by atoms with Crippen LogP contribution in [0, 0.1) is 0 Å². The van der Waals surface area contributed by atoms with E-state index in [-0.39, 0.29) is 73.7 Å². The maximum Gasteiger partial charge on any atom is 1.00 e. The zero-order valence-electron chi connectivity index (χ0n) is 12.0. The van der Waals surface area contributed by atoms with Crippen LogP contribution >= 0.6 is 0 Å². The van der Waals surface area contributed by atoms with Crippen LogP contribution in [0.1, 0.15) is 22.3 Å². The van der Waals surface area contributed by atoms with Crippen molar-refractivity contribution in [3.8, 4) is 0 Å². The second-order valence-electron chi connectivity index (χ2n) is 3.01. The first kappa shape index (κ1) is 36.4. The number of guanidine groups is 2. The van der Waals surface area contributed by atoms with Crippen LogP contribution in [0.2, 0.25) is 0 Å². The molecule has 0 atom stereocenters. The molecule has 0 spiro atoms. The minimum absolute atomic E-state index is 0. The largest absolute Gasteiger partial charge is 1.00 e. The molecular weight excluding hydrogens is 498 g/mol. The monoisotopic (exact) mass is 517 g/mol. The third kappa shape index (κ3) is 9.31. The van der Waals surface area contributed by atoms with E-state index >= 15 is 0 Å². The zero-order chi connectivity index (χ0) is 15.4. The Kier molecular flexibility index (Phi) is 20.9. The van der Waals surface area contributed by atoms with Crippen molar-refractivity contribution in [2.75, 3.05) is 0 Å². The quantitative estimate of drug-likeness (QED) is 0.285. The summed E-state index contributed by atoms with van der Waals surface area (Å²) in [4.78, 5) is 30.4. The fourth-order valence-corrected chi connectivity index (χ4v) is 0.977. The molecule has 2 saturated heterocycles. The van der Waals surface area contributed by atoms with Gasteiger partial charge in [-0.3, -0.25) is 9.59 Å². The molecule has 0 aliphatic carbocycles. The van der Waals surface area contributed by atoms with Crippen LogP contribution in [0.4, 0.5) is 9.59 Å². The summed E-state index contributed by atoms with van der Waals surface area (Å²) in [5.41, 5.74) is 12.8. The van der Waals surface area contributed by atoms with Gasteiger partial charge in [-0.1, -0.05) is 22.3 Å². The fourth-order valence-electron chi connectivity index (χ4n) is 0.977. The van der Waals surface area contributed by atoms with E-state index in [1.54, 1.807) is 0 Å². The third-order valence-corrected chi connectivity index (χ3v) is 1.72. The summed E-state index contributed by atoms with van der Waals surface area (Å²) in [5, 5.41) is 26.1. The summed E-state index contributed by atoms with van der Waals surface area (Å²) in [6.45, 7) is 0. The number of hydrogen-bond acceptors (Lipinski definition) is 9. The standard InChI is InChI=1S/2C2N7O2.3CH4.Ag.H3N.2H2O/c2*10-2-5-9(8-11-2)1-3-6-7-4-1;;;;;;;/h;;3*1H4;;1H3;2*1H2/q2*-1;;;;+1;;;/p+1. The molecule has 170 valence electrons. The van der Waals surface area contributed by atoms with Gasteiger partial charge in [-0.2, -0.15) is 0 Å². The third-order valence-electron chi connectivity index (χ3n) is 1.72. The predicted molar refractivity (Wildman–Crippen MR) is 90.1 cm³/mol. The van der Waals surface area contributed by atoms with E-state index in [9.17, 15) is 9.59 Å². The summed E-state index contributed by atoms with van der Waals surface area (Å²) in [6.07, 6.45) is -1.65. The van der Waals surface area contributed by atoms with Crippen molar-refractivity contribution in [2.45, 2.75) is 22.3 Å². The molecule has 0 aromatic carbocycles. The predicted octanol–water partition coefficient (Wildman–Crippen LogP) is 1.98. The van der Waals surface area contributed by atoms with Gasteiger partial charge in [-0.15, -0.1) is 0 Å². The normalized spacial score (nSPS) is 15.3. The molecule has 0 unspecified atom stereocenters. The zero-order valence-corrected chi connectivity index (χ0v) is 13.5. The molecule has 4 heterocycles. The number of rotatable bonds is 0. The van der Waals surface area contributed by atoms with Gasteiger partial charge in [0.15, 0.2) is 0 Å². The minimum atomic E-state index is -0.824. The maximum atomic E-state index is 10.3. The van der Waals surface area contributed by atoms with Gasteiger partial charge in [-0.25, -0.2) is 0 Å². The SMILES string of the molecule is C.C.C.N.O.O=C1[N-][N+](=C2N=NN=N2)[N-]O1.O=C1[N-][N+](=C2N=NN=N2)[N-]O1.[Ag+].[OH3+]. The molecule has 4 aliphatic heterocycles. The van der Waals surface area contributed by atoms with Gasteiger partial charge in [-0.05, 0) is 0 Å². The first-order chi connectivity index (χ1) is 10.7. The molecule has 4 aliphatic rings. The van der Waals surface area contributed by atoms with Crippen LogP contribution in [0.3, 0.4) is 0 Å². The minimum Gasteiger partial charge on any atom is -0.517 e. The molecule has 21 nitrogen and oxygen atoms in total. The van der Waals surface area contributed by atoms with Crippen molar-refractivity contribution in [3.63, 3.8) is 0 Å². The van der Waals surface area contributed by atoms with Gasteiger partial charge in [0.1, 0.15) is 0 Å². The van der Waals surface area contributed by atoms with Crippen molar-refractivity contribution < 1.29 is 62.2 Å². The summed E-state index contributed by atoms with van der Waals surface area (Å²) >= 11 is 0. The first-order valence-corrected chi connectivity index (χ1v) is 4.97. The summed E-state index contributed by atoms with van der Waals surface area (Å²) < 4.78 is 0. The van der Waals surface area contributed by atoms with Crippen LogP contribution in [0.15, 0.2) is 41.4 Å². The molecule has 4 rings (SSSR count). The number of carbonyl (C=O) groups is 2. The van der Waals surface area contributed by atoms with Crippen molar-refractivity contribution in [2.24, 2.45) is 41.4 Å². The topological polar surface area (TPSA) is 313 Å². The smallest absolute Gasteiger partial charge is 0.517 e. The summed E-state index contributed by atoms with van der Waals surface area (Å²) in [7, 11) is 0. The van der Waals surface area contributed by atoms with Crippen LogP contribution in [0.25, 0.3) is 22.0 Å². The Morgan fingerprint density at radius 3 is 1.17 bits per heavy atom. The van der Waals surface area contributed by atoms with Crippen LogP contribution in [-0.4, -0.2) is 39.2 Å². The van der Waals surface area contributed by atoms with Crippen LogP contribution in [-0.2, 0) is 37.5 Å². The molecule has 8 N–H and O–H groups in total.